The van der Waals surface area contributed by atoms with Crippen molar-refractivity contribution in [1.29, 1.82) is 0 Å². The fraction of sp³-hybridized carbons (Fsp3) is 0.300. The second-order valence-corrected chi connectivity index (χ2v) is 6.19. The van der Waals surface area contributed by atoms with Crippen LogP contribution in [0, 0.1) is 11.7 Å². The number of nitrogens with one attached hydrogen (secondary N) is 1. The van der Waals surface area contributed by atoms with Crippen molar-refractivity contribution < 1.29 is 18.7 Å². The topological polar surface area (TPSA) is 55.4 Å². The normalized spacial score (nSPS) is 11.8. The lowest BCUT2D eigenvalue weighted by Gasteiger charge is -2.21. The maximum absolute atomic E-state index is 13.2. The summed E-state index contributed by atoms with van der Waals surface area (Å²) in [7, 11) is 0. The van der Waals surface area contributed by atoms with Gasteiger partial charge in [0, 0.05) is 0 Å². The Labute approximate surface area is 147 Å². The SMILES string of the molecule is CC(C)C(NC(=O)Cc1ccccc1)C(=O)OCc1cccc(F)c1. The lowest BCUT2D eigenvalue weighted by atomic mass is 10.0. The van der Waals surface area contributed by atoms with Gasteiger partial charge in [-0.05, 0) is 29.2 Å². The van der Waals surface area contributed by atoms with Crippen LogP contribution in [-0.2, 0) is 27.4 Å². The van der Waals surface area contributed by atoms with Crippen LogP contribution in [0.2, 0.25) is 0 Å². The largest absolute Gasteiger partial charge is 0.459 e. The fourth-order valence-corrected chi connectivity index (χ4v) is 2.37. The highest BCUT2D eigenvalue weighted by Gasteiger charge is 2.25. The molecule has 0 aliphatic rings. The Balaban J connectivity index is 1.92. The maximum atomic E-state index is 13.2. The molecule has 25 heavy (non-hydrogen) atoms. The first-order chi connectivity index (χ1) is 12.0. The summed E-state index contributed by atoms with van der Waals surface area (Å²) < 4.78 is 18.4. The van der Waals surface area contributed by atoms with E-state index in [9.17, 15) is 14.0 Å². The van der Waals surface area contributed by atoms with E-state index in [4.69, 9.17) is 4.74 Å². The van der Waals surface area contributed by atoms with Crippen molar-refractivity contribution in [3.05, 3.63) is 71.5 Å². The van der Waals surface area contributed by atoms with Gasteiger partial charge in [0.15, 0.2) is 0 Å². The third-order valence-electron chi connectivity index (χ3n) is 3.71. The summed E-state index contributed by atoms with van der Waals surface area (Å²) in [5, 5.41) is 2.72. The third-order valence-corrected chi connectivity index (χ3v) is 3.71. The molecule has 1 atom stereocenters. The number of carbonyl (C=O) groups is 2. The number of carbonyl (C=O) groups excluding carboxylic acids is 2. The van der Waals surface area contributed by atoms with Crippen LogP contribution < -0.4 is 5.32 Å². The number of esters is 1. The molecule has 0 saturated heterocycles. The van der Waals surface area contributed by atoms with Gasteiger partial charge in [-0.2, -0.15) is 0 Å². The molecule has 1 unspecified atom stereocenters. The number of hydrogen-bond donors (Lipinski definition) is 1. The molecule has 2 rings (SSSR count). The van der Waals surface area contributed by atoms with E-state index in [1.165, 1.54) is 12.1 Å². The van der Waals surface area contributed by atoms with Crippen molar-refractivity contribution >= 4 is 11.9 Å². The highest BCUT2D eigenvalue weighted by Crippen LogP contribution is 2.09. The lowest BCUT2D eigenvalue weighted by Crippen LogP contribution is -2.45. The summed E-state index contributed by atoms with van der Waals surface area (Å²) in [4.78, 5) is 24.5. The number of amides is 1. The van der Waals surface area contributed by atoms with Gasteiger partial charge in [0.05, 0.1) is 6.42 Å². The predicted molar refractivity (Wildman–Crippen MR) is 93.1 cm³/mol. The van der Waals surface area contributed by atoms with Gasteiger partial charge in [0.2, 0.25) is 5.91 Å². The summed E-state index contributed by atoms with van der Waals surface area (Å²) in [6.45, 7) is 3.63. The van der Waals surface area contributed by atoms with Crippen LogP contribution in [0.15, 0.2) is 54.6 Å². The van der Waals surface area contributed by atoms with Gasteiger partial charge >= 0.3 is 5.97 Å². The van der Waals surface area contributed by atoms with Crippen molar-refractivity contribution in [3.8, 4) is 0 Å². The maximum Gasteiger partial charge on any atom is 0.329 e. The second-order valence-electron chi connectivity index (χ2n) is 6.19. The van der Waals surface area contributed by atoms with Crippen molar-refractivity contribution in [2.75, 3.05) is 0 Å². The van der Waals surface area contributed by atoms with Gasteiger partial charge in [0.25, 0.3) is 0 Å². The molecular weight excluding hydrogens is 321 g/mol. The number of ether oxygens (including phenoxy) is 1. The minimum atomic E-state index is -0.746. The highest BCUT2D eigenvalue weighted by molar-refractivity contribution is 5.85. The van der Waals surface area contributed by atoms with Gasteiger partial charge in [0.1, 0.15) is 18.5 Å². The van der Waals surface area contributed by atoms with E-state index < -0.39 is 12.0 Å². The van der Waals surface area contributed by atoms with Gasteiger partial charge < -0.3 is 10.1 Å². The van der Waals surface area contributed by atoms with E-state index in [1.807, 2.05) is 44.2 Å². The molecule has 2 aromatic rings. The molecule has 1 amide bonds. The van der Waals surface area contributed by atoms with E-state index in [-0.39, 0.29) is 30.7 Å². The Morgan fingerprint density at radius 1 is 1.04 bits per heavy atom. The van der Waals surface area contributed by atoms with E-state index in [1.54, 1.807) is 12.1 Å². The summed E-state index contributed by atoms with van der Waals surface area (Å²) >= 11 is 0. The Hall–Kier alpha value is -2.69. The Kier molecular flexibility index (Phi) is 6.69. The molecule has 5 heteroatoms. The molecule has 4 nitrogen and oxygen atoms in total. The minimum Gasteiger partial charge on any atom is -0.459 e. The van der Waals surface area contributed by atoms with Crippen LogP contribution in [0.3, 0.4) is 0 Å². The van der Waals surface area contributed by atoms with Gasteiger partial charge in [-0.25, -0.2) is 9.18 Å². The van der Waals surface area contributed by atoms with Crippen molar-refractivity contribution in [2.24, 2.45) is 5.92 Å². The number of rotatable bonds is 7. The molecule has 0 spiro atoms. The van der Waals surface area contributed by atoms with Crippen LogP contribution in [0.1, 0.15) is 25.0 Å². The smallest absolute Gasteiger partial charge is 0.329 e. The van der Waals surface area contributed by atoms with E-state index >= 15 is 0 Å². The van der Waals surface area contributed by atoms with Crippen LogP contribution in [-0.4, -0.2) is 17.9 Å². The Morgan fingerprint density at radius 2 is 1.72 bits per heavy atom. The van der Waals surface area contributed by atoms with Crippen molar-refractivity contribution in [2.45, 2.75) is 32.9 Å². The van der Waals surface area contributed by atoms with Gasteiger partial charge in [-0.15, -0.1) is 0 Å². The van der Waals surface area contributed by atoms with Crippen LogP contribution in [0.5, 0.6) is 0 Å². The molecule has 1 N–H and O–H groups in total. The fourth-order valence-electron chi connectivity index (χ4n) is 2.37. The second kappa shape index (κ2) is 8.97. The molecule has 0 aromatic heterocycles. The monoisotopic (exact) mass is 343 g/mol. The summed E-state index contributed by atoms with van der Waals surface area (Å²) in [5.74, 6) is -1.28. The minimum absolute atomic E-state index is 0.0334. The molecular formula is C20H22FNO3. The highest BCUT2D eigenvalue weighted by atomic mass is 19.1. The molecule has 132 valence electrons. The summed E-state index contributed by atoms with van der Waals surface area (Å²) in [6.07, 6.45) is 0.196. The predicted octanol–water partition coefficient (Wildman–Crippen LogP) is 3.25. The molecule has 0 heterocycles. The third kappa shape index (κ3) is 6.03. The first-order valence-electron chi connectivity index (χ1n) is 8.20. The van der Waals surface area contributed by atoms with E-state index in [0.717, 1.165) is 5.56 Å². The first-order valence-corrected chi connectivity index (χ1v) is 8.20. The molecule has 2 aromatic carbocycles. The zero-order chi connectivity index (χ0) is 18.2. The number of hydrogen-bond acceptors (Lipinski definition) is 3. The molecule has 0 bridgehead atoms. The molecule has 0 saturated carbocycles. The Bertz CT molecular complexity index is 716. The van der Waals surface area contributed by atoms with Crippen LogP contribution in [0.25, 0.3) is 0 Å². The number of halogens is 1. The molecule has 0 radical (unpaired) electrons. The van der Waals surface area contributed by atoms with Crippen LogP contribution >= 0.6 is 0 Å². The van der Waals surface area contributed by atoms with Gasteiger partial charge in [-0.1, -0.05) is 56.3 Å². The average molecular weight is 343 g/mol. The quantitative estimate of drug-likeness (QED) is 0.785. The molecule has 0 aliphatic heterocycles. The lowest BCUT2D eigenvalue weighted by molar-refractivity contribution is -0.150. The first kappa shape index (κ1) is 18.6. The zero-order valence-electron chi connectivity index (χ0n) is 14.4. The van der Waals surface area contributed by atoms with Crippen molar-refractivity contribution in [1.82, 2.24) is 5.32 Å². The van der Waals surface area contributed by atoms with Crippen LogP contribution in [0.4, 0.5) is 4.39 Å². The van der Waals surface area contributed by atoms with E-state index in [0.29, 0.717) is 5.56 Å². The van der Waals surface area contributed by atoms with Gasteiger partial charge in [-0.3, -0.25) is 4.79 Å². The number of benzene rings is 2. The average Bonchev–Trinajstić information content (AvgIpc) is 2.58. The van der Waals surface area contributed by atoms with E-state index in [2.05, 4.69) is 5.32 Å². The Morgan fingerprint density at radius 3 is 2.36 bits per heavy atom. The molecule has 0 fully saturated rings. The molecule has 0 aliphatic carbocycles. The summed E-state index contributed by atoms with van der Waals surface area (Å²) in [6, 6.07) is 14.4. The van der Waals surface area contributed by atoms with Crippen molar-refractivity contribution in [3.63, 3.8) is 0 Å². The summed E-state index contributed by atoms with van der Waals surface area (Å²) in [5.41, 5.74) is 1.43. The zero-order valence-corrected chi connectivity index (χ0v) is 14.4. The standard InChI is InChI=1S/C20H22FNO3/c1-14(2)19(22-18(23)12-15-7-4-3-5-8-15)20(24)25-13-16-9-6-10-17(21)11-16/h3-11,14,19H,12-13H2,1-2H3,(H,22,23).